The fourth-order valence-electron chi connectivity index (χ4n) is 4.12. The average molecular weight is 501 g/mol. The van der Waals surface area contributed by atoms with Gasteiger partial charge in [-0.05, 0) is 72.1 Å². The van der Waals surface area contributed by atoms with E-state index in [0.29, 0.717) is 28.8 Å². The van der Waals surface area contributed by atoms with Gasteiger partial charge in [0.1, 0.15) is 11.5 Å². The van der Waals surface area contributed by atoms with Crippen molar-refractivity contribution in [3.8, 4) is 5.75 Å². The van der Waals surface area contributed by atoms with E-state index in [1.165, 1.54) is 0 Å². The number of hydrogen-bond donors (Lipinski definition) is 1. The third-order valence-electron chi connectivity index (χ3n) is 5.77. The number of aliphatic hydroxyl groups excluding tert-OH is 1. The molecule has 1 saturated heterocycles. The van der Waals surface area contributed by atoms with Gasteiger partial charge in [0.25, 0.3) is 11.7 Å². The van der Waals surface area contributed by atoms with Gasteiger partial charge in [-0.3, -0.25) is 9.59 Å². The minimum absolute atomic E-state index is 0.108. The quantitative estimate of drug-likeness (QED) is 0.308. The van der Waals surface area contributed by atoms with Crippen molar-refractivity contribution in [1.29, 1.82) is 0 Å². The summed E-state index contributed by atoms with van der Waals surface area (Å²) in [7, 11) is 1.55. The minimum atomic E-state index is -0.666. The van der Waals surface area contributed by atoms with Gasteiger partial charge in [-0.25, -0.2) is 0 Å². The second kappa shape index (κ2) is 10.2. The van der Waals surface area contributed by atoms with Crippen molar-refractivity contribution in [1.82, 2.24) is 4.90 Å². The predicted molar refractivity (Wildman–Crippen MR) is 130 cm³/mol. The van der Waals surface area contributed by atoms with Crippen LogP contribution in [0.15, 0.2) is 52.5 Å². The van der Waals surface area contributed by atoms with Crippen molar-refractivity contribution in [2.75, 3.05) is 31.6 Å². The van der Waals surface area contributed by atoms with Crippen LogP contribution in [-0.2, 0) is 9.59 Å². The molecule has 1 fully saturated rings. The number of amides is 1. The molecule has 0 bridgehead atoms. The van der Waals surface area contributed by atoms with Crippen LogP contribution in [0.4, 0.5) is 5.69 Å². The van der Waals surface area contributed by atoms with Crippen LogP contribution in [0.1, 0.15) is 44.4 Å². The van der Waals surface area contributed by atoms with Gasteiger partial charge >= 0.3 is 0 Å². The Balaban J connectivity index is 2.12. The van der Waals surface area contributed by atoms with Crippen LogP contribution >= 0.6 is 15.9 Å². The van der Waals surface area contributed by atoms with Crippen molar-refractivity contribution in [2.24, 2.45) is 0 Å². The lowest BCUT2D eigenvalue weighted by Gasteiger charge is -2.26. The second-order valence-electron chi connectivity index (χ2n) is 7.61. The van der Waals surface area contributed by atoms with E-state index < -0.39 is 17.7 Å². The van der Waals surface area contributed by atoms with E-state index in [-0.39, 0.29) is 11.3 Å². The fraction of sp³-hybridized carbons (Fsp3) is 0.360. The van der Waals surface area contributed by atoms with E-state index in [4.69, 9.17) is 4.74 Å². The first kappa shape index (κ1) is 23.9. The Labute approximate surface area is 197 Å². The van der Waals surface area contributed by atoms with E-state index in [9.17, 15) is 14.7 Å². The first-order valence-corrected chi connectivity index (χ1v) is 11.6. The van der Waals surface area contributed by atoms with Crippen molar-refractivity contribution in [3.63, 3.8) is 0 Å². The topological polar surface area (TPSA) is 70.1 Å². The summed E-state index contributed by atoms with van der Waals surface area (Å²) in [5.41, 5.74) is 2.42. The van der Waals surface area contributed by atoms with Crippen molar-refractivity contribution in [3.05, 3.63) is 63.6 Å². The number of halogens is 1. The number of anilines is 1. The van der Waals surface area contributed by atoms with Gasteiger partial charge in [0.15, 0.2) is 0 Å². The van der Waals surface area contributed by atoms with Gasteiger partial charge in [0.2, 0.25) is 0 Å². The number of benzene rings is 2. The molecule has 0 spiro atoms. The van der Waals surface area contributed by atoms with Gasteiger partial charge in [-0.1, -0.05) is 19.1 Å². The molecule has 1 amide bonds. The van der Waals surface area contributed by atoms with Crippen molar-refractivity contribution >= 4 is 39.1 Å². The van der Waals surface area contributed by atoms with E-state index in [2.05, 4.69) is 34.7 Å². The van der Waals surface area contributed by atoms with E-state index in [1.54, 1.807) is 30.2 Å². The predicted octanol–water partition coefficient (Wildman–Crippen LogP) is 5.14. The van der Waals surface area contributed by atoms with Crippen molar-refractivity contribution < 1.29 is 19.4 Å². The number of ketones is 1. The third kappa shape index (κ3) is 4.39. The zero-order valence-electron chi connectivity index (χ0n) is 18.9. The summed E-state index contributed by atoms with van der Waals surface area (Å²) in [5, 5.41) is 11.1. The normalized spacial score (nSPS) is 17.7. The zero-order chi connectivity index (χ0) is 23.4. The highest BCUT2D eigenvalue weighted by Crippen LogP contribution is 2.40. The minimum Gasteiger partial charge on any atom is -0.507 e. The zero-order valence-corrected chi connectivity index (χ0v) is 20.5. The highest BCUT2D eigenvalue weighted by molar-refractivity contribution is 9.10. The maximum Gasteiger partial charge on any atom is 0.295 e. The molecule has 1 unspecified atom stereocenters. The average Bonchev–Trinajstić information content (AvgIpc) is 3.05. The molecule has 32 heavy (non-hydrogen) atoms. The molecule has 6 nitrogen and oxygen atoms in total. The first-order valence-electron chi connectivity index (χ1n) is 10.8. The van der Waals surface area contributed by atoms with Gasteiger partial charge in [-0.2, -0.15) is 0 Å². The Morgan fingerprint density at radius 1 is 1.09 bits per heavy atom. The number of carbonyl (C=O) groups is 2. The second-order valence-corrected chi connectivity index (χ2v) is 8.46. The van der Waals surface area contributed by atoms with Crippen LogP contribution in [0.5, 0.6) is 5.75 Å². The molecule has 1 atom stereocenters. The largest absolute Gasteiger partial charge is 0.507 e. The van der Waals surface area contributed by atoms with E-state index in [1.807, 2.05) is 31.2 Å². The van der Waals surface area contributed by atoms with Crippen LogP contribution in [0.3, 0.4) is 0 Å². The molecule has 2 aromatic rings. The molecule has 1 N–H and O–H groups in total. The molecule has 170 valence electrons. The van der Waals surface area contributed by atoms with Crippen LogP contribution in [0.2, 0.25) is 0 Å². The van der Waals surface area contributed by atoms with Crippen LogP contribution in [0.25, 0.3) is 5.76 Å². The molecule has 0 aliphatic carbocycles. The molecular formula is C25H29BrN2O4. The number of Topliss-reactive ketones (excluding diaryl/α,β-unsaturated/α-hetero) is 1. The number of methoxy groups -OCH3 is 1. The SMILES string of the molecule is CCCN1C(=O)C(=O)/C(=C(\O)c2ccc(OC)c(Br)c2)C1c1ccc(N(CC)CC)cc1. The van der Waals surface area contributed by atoms with Gasteiger partial charge in [0.05, 0.1) is 23.2 Å². The van der Waals surface area contributed by atoms with Crippen LogP contribution in [0, 0.1) is 0 Å². The molecule has 0 aromatic heterocycles. The number of carbonyl (C=O) groups excluding carboxylic acids is 2. The Morgan fingerprint density at radius 2 is 1.75 bits per heavy atom. The summed E-state index contributed by atoms with van der Waals surface area (Å²) in [6, 6.07) is 12.3. The molecule has 2 aromatic carbocycles. The lowest BCUT2D eigenvalue weighted by atomic mass is 9.95. The molecular weight excluding hydrogens is 472 g/mol. The number of likely N-dealkylation sites (tertiary alicyclic amines) is 1. The highest BCUT2D eigenvalue weighted by Gasteiger charge is 2.45. The first-order chi connectivity index (χ1) is 15.4. The number of hydrogen-bond acceptors (Lipinski definition) is 5. The molecule has 3 rings (SSSR count). The molecule has 1 heterocycles. The van der Waals surface area contributed by atoms with Crippen LogP contribution < -0.4 is 9.64 Å². The monoisotopic (exact) mass is 500 g/mol. The Hall–Kier alpha value is -2.80. The van der Waals surface area contributed by atoms with Crippen molar-refractivity contribution in [2.45, 2.75) is 33.2 Å². The highest BCUT2D eigenvalue weighted by atomic mass is 79.9. The maximum atomic E-state index is 13.0. The summed E-state index contributed by atoms with van der Waals surface area (Å²) < 4.78 is 5.90. The standard InChI is InChI=1S/C25H29BrN2O4/c1-5-14-28-22(16-8-11-18(12-9-16)27(6-2)7-3)21(24(30)25(28)31)23(29)17-10-13-20(32-4)19(26)15-17/h8-13,15,22,29H,5-7,14H2,1-4H3/b23-21-. The summed E-state index contributed by atoms with van der Waals surface area (Å²) in [6.07, 6.45) is 0.704. The summed E-state index contributed by atoms with van der Waals surface area (Å²) in [6.45, 7) is 8.35. The van der Waals surface area contributed by atoms with Gasteiger partial charge in [-0.15, -0.1) is 0 Å². The molecule has 0 saturated carbocycles. The fourth-order valence-corrected chi connectivity index (χ4v) is 4.66. The number of rotatable bonds is 8. The van der Waals surface area contributed by atoms with E-state index >= 15 is 0 Å². The molecule has 0 radical (unpaired) electrons. The number of aliphatic hydroxyl groups is 1. The smallest absolute Gasteiger partial charge is 0.295 e. The summed E-state index contributed by atoms with van der Waals surface area (Å²) >= 11 is 3.42. The Kier molecular flexibility index (Phi) is 7.61. The third-order valence-corrected chi connectivity index (χ3v) is 6.39. The van der Waals surface area contributed by atoms with Crippen LogP contribution in [-0.4, -0.2) is 48.4 Å². The number of nitrogens with zero attached hydrogens (tertiary/aromatic N) is 2. The number of ether oxygens (including phenoxy) is 1. The Bertz CT molecular complexity index is 1030. The molecule has 1 aliphatic rings. The molecule has 1 aliphatic heterocycles. The maximum absolute atomic E-state index is 13.0. The Morgan fingerprint density at radius 3 is 2.28 bits per heavy atom. The van der Waals surface area contributed by atoms with E-state index in [0.717, 1.165) is 24.3 Å². The molecule has 7 heteroatoms. The van der Waals surface area contributed by atoms with Gasteiger partial charge < -0.3 is 19.6 Å². The van der Waals surface area contributed by atoms with Gasteiger partial charge in [0, 0.05) is 30.9 Å². The lowest BCUT2D eigenvalue weighted by molar-refractivity contribution is -0.139. The lowest BCUT2D eigenvalue weighted by Crippen LogP contribution is -2.30. The summed E-state index contributed by atoms with van der Waals surface area (Å²) in [5.74, 6) is -0.834. The summed E-state index contributed by atoms with van der Waals surface area (Å²) in [4.78, 5) is 29.6.